The highest BCUT2D eigenvalue weighted by Crippen LogP contribution is 2.38. The first-order valence-electron chi connectivity index (χ1n) is 6.31. The van der Waals surface area contributed by atoms with Gasteiger partial charge >= 0.3 is 5.97 Å². The van der Waals surface area contributed by atoms with Gasteiger partial charge in [0.15, 0.2) is 0 Å². The quantitative estimate of drug-likeness (QED) is 0.934. The summed E-state index contributed by atoms with van der Waals surface area (Å²) in [5.74, 6) is -0.931. The van der Waals surface area contributed by atoms with Crippen LogP contribution in [0.1, 0.15) is 35.7 Å². The maximum atomic E-state index is 10.9. The highest BCUT2D eigenvalue weighted by atomic mass is 32.2. The molecule has 0 aliphatic heterocycles. The molecule has 0 radical (unpaired) electrons. The van der Waals surface area contributed by atoms with Gasteiger partial charge in [0, 0.05) is 5.25 Å². The largest absolute Gasteiger partial charge is 0.478 e. The number of benzene rings is 1. The Bertz CT molecular complexity index is 625. The molecule has 2 aromatic rings. The summed E-state index contributed by atoms with van der Waals surface area (Å²) in [6.45, 7) is 0. The monoisotopic (exact) mass is 277 g/mol. The third-order valence-corrected chi connectivity index (χ3v) is 4.91. The number of rotatable bonds is 3. The van der Waals surface area contributed by atoms with Crippen molar-refractivity contribution in [3.8, 4) is 0 Å². The SMILES string of the molecule is CSC1CCCC1n1nnc2cc(C(=O)O)ccc21. The smallest absolute Gasteiger partial charge is 0.335 e. The Balaban J connectivity index is 2.03. The van der Waals surface area contributed by atoms with E-state index in [9.17, 15) is 4.79 Å². The van der Waals surface area contributed by atoms with Crippen LogP contribution in [0, 0.1) is 0 Å². The van der Waals surface area contributed by atoms with Crippen molar-refractivity contribution >= 4 is 28.8 Å². The van der Waals surface area contributed by atoms with Gasteiger partial charge in [0.25, 0.3) is 0 Å². The van der Waals surface area contributed by atoms with E-state index in [1.165, 1.54) is 12.8 Å². The maximum absolute atomic E-state index is 10.9. The average Bonchev–Trinajstić information content (AvgIpc) is 3.03. The minimum Gasteiger partial charge on any atom is -0.478 e. The molecule has 0 saturated heterocycles. The second kappa shape index (κ2) is 4.85. The molecule has 0 spiro atoms. The van der Waals surface area contributed by atoms with E-state index >= 15 is 0 Å². The number of carbonyl (C=O) groups is 1. The number of fused-ring (bicyclic) bond motifs is 1. The minimum atomic E-state index is -0.931. The van der Waals surface area contributed by atoms with Crippen LogP contribution in [0.2, 0.25) is 0 Å². The molecule has 3 rings (SSSR count). The lowest BCUT2D eigenvalue weighted by molar-refractivity contribution is 0.0697. The normalized spacial score (nSPS) is 23.0. The molecule has 2 atom stereocenters. The van der Waals surface area contributed by atoms with Gasteiger partial charge in [-0.05, 0) is 37.3 Å². The fourth-order valence-electron chi connectivity index (χ4n) is 2.78. The predicted molar refractivity (Wildman–Crippen MR) is 74.7 cm³/mol. The molecule has 1 N–H and O–H groups in total. The first-order valence-corrected chi connectivity index (χ1v) is 7.60. The molecule has 1 aromatic carbocycles. The molecule has 1 heterocycles. The lowest BCUT2D eigenvalue weighted by Gasteiger charge is -2.18. The molecule has 1 fully saturated rings. The van der Waals surface area contributed by atoms with Gasteiger partial charge in [-0.2, -0.15) is 11.8 Å². The Labute approximate surface area is 115 Å². The number of carboxylic acids is 1. The van der Waals surface area contributed by atoms with Crippen LogP contribution < -0.4 is 0 Å². The molecule has 2 unspecified atom stereocenters. The van der Waals surface area contributed by atoms with Gasteiger partial charge in [-0.3, -0.25) is 0 Å². The van der Waals surface area contributed by atoms with Gasteiger partial charge in [0.1, 0.15) is 5.52 Å². The maximum Gasteiger partial charge on any atom is 0.335 e. The Morgan fingerprint density at radius 2 is 2.32 bits per heavy atom. The number of thioether (sulfide) groups is 1. The molecule has 1 aliphatic carbocycles. The van der Waals surface area contributed by atoms with E-state index in [1.807, 2.05) is 22.5 Å². The van der Waals surface area contributed by atoms with Gasteiger partial charge in [-0.1, -0.05) is 11.6 Å². The summed E-state index contributed by atoms with van der Waals surface area (Å²) in [6, 6.07) is 5.39. The summed E-state index contributed by atoms with van der Waals surface area (Å²) >= 11 is 1.87. The second-order valence-electron chi connectivity index (χ2n) is 4.82. The van der Waals surface area contributed by atoms with E-state index in [2.05, 4.69) is 16.6 Å². The number of aromatic carboxylic acids is 1. The molecule has 0 bridgehead atoms. The van der Waals surface area contributed by atoms with Gasteiger partial charge < -0.3 is 5.11 Å². The number of aromatic nitrogens is 3. The zero-order valence-corrected chi connectivity index (χ0v) is 11.4. The van der Waals surface area contributed by atoms with Crippen LogP contribution in [0.25, 0.3) is 11.0 Å². The third-order valence-electron chi connectivity index (χ3n) is 3.75. The Hall–Kier alpha value is -1.56. The van der Waals surface area contributed by atoms with Gasteiger partial charge in [-0.25, -0.2) is 9.48 Å². The van der Waals surface area contributed by atoms with Crippen LogP contribution >= 0.6 is 11.8 Å². The van der Waals surface area contributed by atoms with E-state index in [0.717, 1.165) is 11.9 Å². The Morgan fingerprint density at radius 3 is 3.05 bits per heavy atom. The van der Waals surface area contributed by atoms with Crippen molar-refractivity contribution in [2.24, 2.45) is 0 Å². The molecule has 100 valence electrons. The van der Waals surface area contributed by atoms with Crippen LogP contribution in [0.3, 0.4) is 0 Å². The standard InChI is InChI=1S/C13H15N3O2S/c1-19-12-4-2-3-11(12)16-10-6-5-8(13(17)18)7-9(10)14-15-16/h5-7,11-12H,2-4H2,1H3,(H,17,18). The Morgan fingerprint density at radius 1 is 1.47 bits per heavy atom. The summed E-state index contributed by atoms with van der Waals surface area (Å²) in [4.78, 5) is 10.9. The molecule has 6 heteroatoms. The summed E-state index contributed by atoms with van der Waals surface area (Å²) < 4.78 is 1.97. The molecule has 1 aliphatic rings. The molecular formula is C13H15N3O2S. The van der Waals surface area contributed by atoms with E-state index in [1.54, 1.807) is 12.1 Å². The number of carboxylic acid groups (broad SMARTS) is 1. The highest BCUT2D eigenvalue weighted by molar-refractivity contribution is 7.99. The number of nitrogens with zero attached hydrogens (tertiary/aromatic N) is 3. The van der Waals surface area contributed by atoms with E-state index in [4.69, 9.17) is 5.11 Å². The van der Waals surface area contributed by atoms with Crippen molar-refractivity contribution in [2.75, 3.05) is 6.26 Å². The third kappa shape index (κ3) is 2.10. The first-order chi connectivity index (χ1) is 9.20. The van der Waals surface area contributed by atoms with Crippen molar-refractivity contribution in [1.29, 1.82) is 0 Å². The first kappa shape index (κ1) is 12.5. The molecule has 19 heavy (non-hydrogen) atoms. The summed E-state index contributed by atoms with van der Waals surface area (Å²) in [7, 11) is 0. The fourth-order valence-corrected chi connectivity index (χ4v) is 3.75. The second-order valence-corrected chi connectivity index (χ2v) is 5.89. The Kier molecular flexibility index (Phi) is 3.18. The van der Waals surface area contributed by atoms with E-state index in [0.29, 0.717) is 16.8 Å². The van der Waals surface area contributed by atoms with Crippen LogP contribution in [0.4, 0.5) is 0 Å². The lowest BCUT2D eigenvalue weighted by Crippen LogP contribution is -2.17. The molecule has 1 aromatic heterocycles. The number of hydrogen-bond donors (Lipinski definition) is 1. The highest BCUT2D eigenvalue weighted by Gasteiger charge is 2.30. The average molecular weight is 277 g/mol. The molecular weight excluding hydrogens is 262 g/mol. The van der Waals surface area contributed by atoms with E-state index in [-0.39, 0.29) is 5.56 Å². The molecule has 1 saturated carbocycles. The lowest BCUT2D eigenvalue weighted by atomic mass is 10.2. The van der Waals surface area contributed by atoms with Gasteiger partial charge in [-0.15, -0.1) is 5.10 Å². The van der Waals surface area contributed by atoms with Crippen LogP contribution in [0.5, 0.6) is 0 Å². The predicted octanol–water partition coefficient (Wildman–Crippen LogP) is 2.59. The van der Waals surface area contributed by atoms with Crippen molar-refractivity contribution in [3.05, 3.63) is 23.8 Å². The summed E-state index contributed by atoms with van der Waals surface area (Å²) in [5.41, 5.74) is 1.84. The topological polar surface area (TPSA) is 68.0 Å². The summed E-state index contributed by atoms with van der Waals surface area (Å²) in [5, 5.41) is 17.9. The molecule has 5 nitrogen and oxygen atoms in total. The zero-order chi connectivity index (χ0) is 13.4. The van der Waals surface area contributed by atoms with Crippen LogP contribution in [-0.2, 0) is 0 Å². The van der Waals surface area contributed by atoms with Crippen molar-refractivity contribution in [3.63, 3.8) is 0 Å². The van der Waals surface area contributed by atoms with E-state index < -0.39 is 5.97 Å². The van der Waals surface area contributed by atoms with Crippen molar-refractivity contribution in [1.82, 2.24) is 15.0 Å². The van der Waals surface area contributed by atoms with Crippen LogP contribution in [-0.4, -0.2) is 37.6 Å². The number of hydrogen-bond acceptors (Lipinski definition) is 4. The van der Waals surface area contributed by atoms with Crippen molar-refractivity contribution < 1.29 is 9.90 Å². The molecule has 0 amide bonds. The van der Waals surface area contributed by atoms with Crippen LogP contribution in [0.15, 0.2) is 18.2 Å². The van der Waals surface area contributed by atoms with Crippen molar-refractivity contribution in [2.45, 2.75) is 30.6 Å². The minimum absolute atomic E-state index is 0.257. The van der Waals surface area contributed by atoms with Gasteiger partial charge in [0.2, 0.25) is 0 Å². The summed E-state index contributed by atoms with van der Waals surface area (Å²) in [6.07, 6.45) is 5.67. The zero-order valence-electron chi connectivity index (χ0n) is 10.6. The fraction of sp³-hybridized carbons (Fsp3) is 0.462. The van der Waals surface area contributed by atoms with Gasteiger partial charge in [0.05, 0.1) is 17.1 Å².